The average molecular weight is 317 g/mol. The van der Waals surface area contributed by atoms with Gasteiger partial charge in [0, 0.05) is 17.0 Å². The minimum Gasteiger partial charge on any atom is -0.458 e. The lowest BCUT2D eigenvalue weighted by Gasteiger charge is -2.07. The third kappa shape index (κ3) is 3.17. The Morgan fingerprint density at radius 2 is 1.82 bits per heavy atom. The molecule has 0 bridgehead atoms. The molecule has 1 heterocycles. The van der Waals surface area contributed by atoms with Crippen LogP contribution >= 0.6 is 11.6 Å². The second-order valence-corrected chi connectivity index (χ2v) is 5.74. The highest BCUT2D eigenvalue weighted by Crippen LogP contribution is 2.29. The van der Waals surface area contributed by atoms with Crippen molar-refractivity contribution in [2.24, 2.45) is 0 Å². The molecule has 2 N–H and O–H groups in total. The summed E-state index contributed by atoms with van der Waals surface area (Å²) in [5.41, 5.74) is 2.63. The van der Waals surface area contributed by atoms with Gasteiger partial charge >= 0.3 is 0 Å². The van der Waals surface area contributed by atoms with E-state index in [0.29, 0.717) is 10.8 Å². The second kappa shape index (κ2) is 6.53. The summed E-state index contributed by atoms with van der Waals surface area (Å²) in [6.45, 7) is 0.184. The van der Waals surface area contributed by atoms with E-state index in [1.54, 1.807) is 24.3 Å². The average Bonchev–Trinajstić information content (AvgIpc) is 2.96. The SMILES string of the molecule is OCCCc1ccc2oc(C(O)c3ccc(Cl)cc3)cc2c1. The zero-order valence-corrected chi connectivity index (χ0v) is 12.8. The number of aliphatic hydroxyl groups excluding tert-OH is 2. The van der Waals surface area contributed by atoms with E-state index in [9.17, 15) is 5.11 Å². The van der Waals surface area contributed by atoms with Crippen LogP contribution in [0.3, 0.4) is 0 Å². The molecule has 1 atom stereocenters. The lowest BCUT2D eigenvalue weighted by atomic mass is 10.1. The molecular weight excluding hydrogens is 300 g/mol. The number of halogens is 1. The fraction of sp³-hybridized carbons (Fsp3) is 0.222. The molecule has 0 aliphatic carbocycles. The molecule has 0 spiro atoms. The van der Waals surface area contributed by atoms with Crippen LogP contribution in [0.15, 0.2) is 52.9 Å². The van der Waals surface area contributed by atoms with Crippen molar-refractivity contribution in [3.05, 3.63) is 70.4 Å². The van der Waals surface area contributed by atoms with Gasteiger partial charge in [-0.15, -0.1) is 0 Å². The molecule has 0 aliphatic rings. The number of benzene rings is 2. The fourth-order valence-electron chi connectivity index (χ4n) is 2.50. The lowest BCUT2D eigenvalue weighted by Crippen LogP contribution is -1.97. The van der Waals surface area contributed by atoms with Gasteiger partial charge in [-0.2, -0.15) is 0 Å². The lowest BCUT2D eigenvalue weighted by molar-refractivity contribution is 0.192. The van der Waals surface area contributed by atoms with E-state index in [2.05, 4.69) is 0 Å². The van der Waals surface area contributed by atoms with Gasteiger partial charge in [-0.3, -0.25) is 0 Å². The molecule has 0 saturated carbocycles. The van der Waals surface area contributed by atoms with Gasteiger partial charge in [-0.25, -0.2) is 0 Å². The summed E-state index contributed by atoms with van der Waals surface area (Å²) >= 11 is 5.86. The van der Waals surface area contributed by atoms with Crippen LogP contribution in [0.1, 0.15) is 29.4 Å². The monoisotopic (exact) mass is 316 g/mol. The molecule has 2 aromatic carbocycles. The van der Waals surface area contributed by atoms with Gasteiger partial charge < -0.3 is 14.6 Å². The van der Waals surface area contributed by atoms with Gasteiger partial charge in [0.15, 0.2) is 0 Å². The second-order valence-electron chi connectivity index (χ2n) is 5.30. The number of hydrogen-bond acceptors (Lipinski definition) is 3. The third-order valence-electron chi connectivity index (χ3n) is 3.68. The van der Waals surface area contributed by atoms with Gasteiger partial charge in [0.1, 0.15) is 17.4 Å². The number of furan rings is 1. The number of aliphatic hydroxyl groups is 2. The normalized spacial score (nSPS) is 12.7. The molecular formula is C18H17ClO3. The predicted octanol–water partition coefficient (Wildman–Crippen LogP) is 4.09. The van der Waals surface area contributed by atoms with Gasteiger partial charge in [0.25, 0.3) is 0 Å². The molecule has 3 aromatic rings. The first kappa shape index (κ1) is 15.1. The predicted molar refractivity (Wildman–Crippen MR) is 87.1 cm³/mol. The molecule has 22 heavy (non-hydrogen) atoms. The molecule has 3 nitrogen and oxygen atoms in total. The van der Waals surface area contributed by atoms with Crippen LogP contribution in [0.2, 0.25) is 5.02 Å². The van der Waals surface area contributed by atoms with E-state index < -0.39 is 6.10 Å². The fourth-order valence-corrected chi connectivity index (χ4v) is 2.62. The van der Waals surface area contributed by atoms with Gasteiger partial charge in [-0.1, -0.05) is 29.8 Å². The smallest absolute Gasteiger partial charge is 0.138 e. The Morgan fingerprint density at radius 3 is 2.55 bits per heavy atom. The number of rotatable bonds is 5. The maximum Gasteiger partial charge on any atom is 0.138 e. The maximum atomic E-state index is 10.4. The summed E-state index contributed by atoms with van der Waals surface area (Å²) in [4.78, 5) is 0. The summed E-state index contributed by atoms with van der Waals surface area (Å²) in [6, 6.07) is 14.8. The summed E-state index contributed by atoms with van der Waals surface area (Å²) in [5, 5.41) is 20.9. The van der Waals surface area contributed by atoms with Crippen LogP contribution in [0.4, 0.5) is 0 Å². The Hall–Kier alpha value is -1.81. The van der Waals surface area contributed by atoms with Crippen molar-refractivity contribution in [1.29, 1.82) is 0 Å². The first-order valence-electron chi connectivity index (χ1n) is 7.24. The van der Waals surface area contributed by atoms with E-state index in [4.69, 9.17) is 21.1 Å². The molecule has 3 rings (SSSR count). The standard InChI is InChI=1S/C18H17ClO3/c19-15-6-4-13(5-7-15)18(21)17-11-14-10-12(2-1-9-20)3-8-16(14)22-17/h3-8,10-11,18,20-21H,1-2,9H2. The van der Waals surface area contributed by atoms with Gasteiger partial charge in [0.2, 0.25) is 0 Å². The Labute approximate surface area is 133 Å². The topological polar surface area (TPSA) is 53.6 Å². The molecule has 0 amide bonds. The van der Waals surface area contributed by atoms with Crippen LogP contribution in [0, 0.1) is 0 Å². The van der Waals surface area contributed by atoms with Crippen molar-refractivity contribution in [3.8, 4) is 0 Å². The number of fused-ring (bicyclic) bond motifs is 1. The van der Waals surface area contributed by atoms with Crippen molar-refractivity contribution >= 4 is 22.6 Å². The summed E-state index contributed by atoms with van der Waals surface area (Å²) in [5.74, 6) is 0.511. The van der Waals surface area contributed by atoms with Crippen LogP contribution in [0.25, 0.3) is 11.0 Å². The highest BCUT2D eigenvalue weighted by atomic mass is 35.5. The largest absolute Gasteiger partial charge is 0.458 e. The van der Waals surface area contributed by atoms with Crippen LogP contribution in [0.5, 0.6) is 0 Å². The highest BCUT2D eigenvalue weighted by molar-refractivity contribution is 6.30. The maximum absolute atomic E-state index is 10.4. The molecule has 0 saturated heterocycles. The van der Waals surface area contributed by atoms with Gasteiger partial charge in [-0.05, 0) is 54.3 Å². The molecule has 114 valence electrons. The zero-order valence-electron chi connectivity index (χ0n) is 12.0. The molecule has 1 unspecified atom stereocenters. The van der Waals surface area contributed by atoms with Crippen LogP contribution < -0.4 is 0 Å². The first-order valence-corrected chi connectivity index (χ1v) is 7.62. The van der Waals surface area contributed by atoms with E-state index in [1.807, 2.05) is 24.3 Å². The molecule has 4 heteroatoms. The molecule has 1 aromatic heterocycles. The quantitative estimate of drug-likeness (QED) is 0.745. The van der Waals surface area contributed by atoms with Crippen LogP contribution in [-0.4, -0.2) is 16.8 Å². The van der Waals surface area contributed by atoms with Crippen molar-refractivity contribution in [2.45, 2.75) is 18.9 Å². The minimum absolute atomic E-state index is 0.184. The van der Waals surface area contributed by atoms with E-state index >= 15 is 0 Å². The minimum atomic E-state index is -0.814. The first-order chi connectivity index (χ1) is 10.7. The molecule has 0 aliphatic heterocycles. The van der Waals surface area contributed by atoms with Crippen LogP contribution in [-0.2, 0) is 6.42 Å². The Kier molecular flexibility index (Phi) is 4.48. The molecule has 0 fully saturated rings. The summed E-state index contributed by atoms with van der Waals surface area (Å²) in [7, 11) is 0. The third-order valence-corrected chi connectivity index (χ3v) is 3.93. The summed E-state index contributed by atoms with van der Waals surface area (Å²) < 4.78 is 5.74. The number of hydrogen-bond donors (Lipinski definition) is 2. The number of aryl methyl sites for hydroxylation is 1. The Morgan fingerprint density at radius 1 is 1.05 bits per heavy atom. The highest BCUT2D eigenvalue weighted by Gasteiger charge is 2.15. The van der Waals surface area contributed by atoms with E-state index in [1.165, 1.54) is 0 Å². The van der Waals surface area contributed by atoms with Crippen molar-refractivity contribution in [1.82, 2.24) is 0 Å². The van der Waals surface area contributed by atoms with Crippen molar-refractivity contribution in [2.75, 3.05) is 6.61 Å². The van der Waals surface area contributed by atoms with Crippen molar-refractivity contribution < 1.29 is 14.6 Å². The molecule has 0 radical (unpaired) electrons. The Bertz CT molecular complexity index is 762. The van der Waals surface area contributed by atoms with E-state index in [-0.39, 0.29) is 6.61 Å². The summed E-state index contributed by atoms with van der Waals surface area (Å²) in [6.07, 6.45) is 0.751. The van der Waals surface area contributed by atoms with E-state index in [0.717, 1.165) is 34.9 Å². The Balaban J connectivity index is 1.89. The van der Waals surface area contributed by atoms with Gasteiger partial charge in [0.05, 0.1) is 0 Å². The van der Waals surface area contributed by atoms with Crippen molar-refractivity contribution in [3.63, 3.8) is 0 Å². The zero-order chi connectivity index (χ0) is 15.5.